The normalized spacial score (nSPS) is 20.8. The summed E-state index contributed by atoms with van der Waals surface area (Å²) in [5, 5.41) is 8.50. The highest BCUT2D eigenvalue weighted by molar-refractivity contribution is 5.66. The molecule has 138 valence electrons. The maximum atomic E-state index is 10.3. The SMILES string of the molecule is CC/C=C\C[C@H]1O[C@H]1C/C=C\C/C=C/C/C=C\C/C=C\CCC(=O)O. The molecule has 1 aliphatic heterocycles. The van der Waals surface area contributed by atoms with Crippen molar-refractivity contribution in [1.29, 1.82) is 0 Å². The van der Waals surface area contributed by atoms with Crippen molar-refractivity contribution in [2.24, 2.45) is 0 Å². The number of carbonyl (C=O) groups is 1. The van der Waals surface area contributed by atoms with Crippen LogP contribution >= 0.6 is 0 Å². The van der Waals surface area contributed by atoms with Crippen LogP contribution in [-0.2, 0) is 9.53 Å². The van der Waals surface area contributed by atoms with E-state index in [4.69, 9.17) is 9.84 Å². The average Bonchev–Trinajstić information content (AvgIpc) is 3.33. The smallest absolute Gasteiger partial charge is 0.303 e. The van der Waals surface area contributed by atoms with Crippen LogP contribution in [0.4, 0.5) is 0 Å². The van der Waals surface area contributed by atoms with Gasteiger partial charge in [-0.05, 0) is 44.9 Å². The number of carboxylic acid groups (broad SMARTS) is 1. The third-order valence-electron chi connectivity index (χ3n) is 3.83. The van der Waals surface area contributed by atoms with Crippen molar-refractivity contribution in [3.63, 3.8) is 0 Å². The highest BCUT2D eigenvalue weighted by Gasteiger charge is 2.35. The van der Waals surface area contributed by atoms with Crippen molar-refractivity contribution in [3.8, 4) is 0 Å². The monoisotopic (exact) mass is 344 g/mol. The van der Waals surface area contributed by atoms with Gasteiger partial charge in [-0.25, -0.2) is 0 Å². The topological polar surface area (TPSA) is 49.8 Å². The maximum Gasteiger partial charge on any atom is 0.303 e. The molecule has 1 fully saturated rings. The zero-order valence-electron chi connectivity index (χ0n) is 15.3. The lowest BCUT2D eigenvalue weighted by atomic mass is 10.1. The molecule has 0 unspecified atom stereocenters. The van der Waals surface area contributed by atoms with Gasteiger partial charge >= 0.3 is 5.97 Å². The van der Waals surface area contributed by atoms with E-state index in [0.717, 1.165) is 38.5 Å². The van der Waals surface area contributed by atoms with Gasteiger partial charge in [-0.1, -0.05) is 67.7 Å². The highest BCUT2D eigenvalue weighted by atomic mass is 16.6. The number of hydrogen-bond acceptors (Lipinski definition) is 2. The van der Waals surface area contributed by atoms with Crippen molar-refractivity contribution in [2.45, 2.75) is 70.5 Å². The van der Waals surface area contributed by atoms with E-state index in [2.05, 4.69) is 55.5 Å². The minimum absolute atomic E-state index is 0.208. The third kappa shape index (κ3) is 13.1. The molecule has 0 saturated carbocycles. The molecule has 1 saturated heterocycles. The van der Waals surface area contributed by atoms with Gasteiger partial charge in [-0.2, -0.15) is 0 Å². The van der Waals surface area contributed by atoms with Crippen molar-refractivity contribution < 1.29 is 14.6 Å². The first-order chi connectivity index (χ1) is 12.2. The number of rotatable bonds is 14. The summed E-state index contributed by atoms with van der Waals surface area (Å²) in [5.41, 5.74) is 0. The van der Waals surface area contributed by atoms with Crippen LogP contribution in [0.1, 0.15) is 58.3 Å². The quantitative estimate of drug-likeness (QED) is 0.322. The molecule has 0 amide bonds. The van der Waals surface area contributed by atoms with Crippen molar-refractivity contribution in [1.82, 2.24) is 0 Å². The minimum Gasteiger partial charge on any atom is -0.481 e. The van der Waals surface area contributed by atoms with Gasteiger partial charge < -0.3 is 9.84 Å². The second kappa shape index (κ2) is 14.5. The molecule has 2 atom stereocenters. The van der Waals surface area contributed by atoms with Crippen molar-refractivity contribution in [2.75, 3.05) is 0 Å². The lowest BCUT2D eigenvalue weighted by molar-refractivity contribution is -0.136. The zero-order chi connectivity index (χ0) is 18.2. The number of hydrogen-bond donors (Lipinski definition) is 1. The molecule has 0 aromatic carbocycles. The molecule has 0 spiro atoms. The van der Waals surface area contributed by atoms with Crippen LogP contribution < -0.4 is 0 Å². The summed E-state index contributed by atoms with van der Waals surface area (Å²) in [6, 6.07) is 0. The third-order valence-corrected chi connectivity index (χ3v) is 3.83. The average molecular weight is 344 g/mol. The first-order valence-electron chi connectivity index (χ1n) is 9.36. The van der Waals surface area contributed by atoms with E-state index in [9.17, 15) is 4.79 Å². The van der Waals surface area contributed by atoms with E-state index in [1.165, 1.54) is 0 Å². The Hall–Kier alpha value is -1.87. The molecule has 0 aliphatic carbocycles. The lowest BCUT2D eigenvalue weighted by Crippen LogP contribution is -1.91. The van der Waals surface area contributed by atoms with Gasteiger partial charge in [0.1, 0.15) is 0 Å². The first kappa shape index (κ1) is 21.2. The highest BCUT2D eigenvalue weighted by Crippen LogP contribution is 2.28. The second-order valence-corrected chi connectivity index (χ2v) is 6.09. The Morgan fingerprint density at radius 1 is 0.800 bits per heavy atom. The van der Waals surface area contributed by atoms with Crippen LogP contribution in [-0.4, -0.2) is 23.3 Å². The van der Waals surface area contributed by atoms with Crippen LogP contribution in [0.25, 0.3) is 0 Å². The summed E-state index contributed by atoms with van der Waals surface area (Å²) in [4.78, 5) is 10.3. The number of allylic oxidation sites excluding steroid dienone is 8. The number of carboxylic acids is 1. The Morgan fingerprint density at radius 2 is 1.28 bits per heavy atom. The van der Waals surface area contributed by atoms with Crippen molar-refractivity contribution in [3.05, 3.63) is 60.8 Å². The number of epoxide rings is 1. The largest absolute Gasteiger partial charge is 0.481 e. The molecule has 0 bridgehead atoms. The van der Waals surface area contributed by atoms with Gasteiger partial charge in [-0.3, -0.25) is 4.79 Å². The first-order valence-corrected chi connectivity index (χ1v) is 9.36. The maximum absolute atomic E-state index is 10.3. The van der Waals surface area contributed by atoms with Crippen molar-refractivity contribution >= 4 is 5.97 Å². The summed E-state index contributed by atoms with van der Waals surface area (Å²) in [7, 11) is 0. The zero-order valence-corrected chi connectivity index (χ0v) is 15.3. The van der Waals surface area contributed by atoms with Gasteiger partial charge in [0.25, 0.3) is 0 Å². The van der Waals surface area contributed by atoms with Crippen LogP contribution in [0.2, 0.25) is 0 Å². The van der Waals surface area contributed by atoms with Crippen LogP contribution in [0.15, 0.2) is 60.8 Å². The Bertz CT molecular complexity index is 497. The van der Waals surface area contributed by atoms with E-state index >= 15 is 0 Å². The number of aliphatic carboxylic acids is 1. The van der Waals surface area contributed by atoms with E-state index in [1.54, 1.807) is 0 Å². The molecular weight excluding hydrogens is 312 g/mol. The minimum atomic E-state index is -0.743. The summed E-state index contributed by atoms with van der Waals surface area (Å²) in [6.07, 6.45) is 29.0. The molecule has 3 heteroatoms. The summed E-state index contributed by atoms with van der Waals surface area (Å²) < 4.78 is 5.62. The summed E-state index contributed by atoms with van der Waals surface area (Å²) in [6.45, 7) is 2.15. The molecule has 1 N–H and O–H groups in total. The molecule has 0 radical (unpaired) electrons. The fourth-order valence-corrected chi connectivity index (χ4v) is 2.36. The molecular formula is C22H32O3. The van der Waals surface area contributed by atoms with Gasteiger partial charge in [-0.15, -0.1) is 0 Å². The van der Waals surface area contributed by atoms with E-state index in [0.29, 0.717) is 18.6 Å². The Labute approximate surface area is 152 Å². The molecule has 0 aromatic heterocycles. The predicted molar refractivity (Wildman–Crippen MR) is 105 cm³/mol. The second-order valence-electron chi connectivity index (χ2n) is 6.09. The molecule has 1 rings (SSSR count). The van der Waals surface area contributed by atoms with Crippen LogP contribution in [0, 0.1) is 0 Å². The van der Waals surface area contributed by atoms with Crippen LogP contribution in [0.3, 0.4) is 0 Å². The van der Waals surface area contributed by atoms with E-state index < -0.39 is 5.97 Å². The summed E-state index contributed by atoms with van der Waals surface area (Å²) >= 11 is 0. The van der Waals surface area contributed by atoms with E-state index in [-0.39, 0.29) is 6.42 Å². The van der Waals surface area contributed by atoms with Gasteiger partial charge in [0.05, 0.1) is 12.2 Å². The fourth-order valence-electron chi connectivity index (χ4n) is 2.36. The Balaban J connectivity index is 1.94. The molecule has 1 aliphatic rings. The molecule has 25 heavy (non-hydrogen) atoms. The predicted octanol–water partition coefficient (Wildman–Crippen LogP) is 5.76. The molecule has 1 heterocycles. The lowest BCUT2D eigenvalue weighted by Gasteiger charge is -1.88. The fraction of sp³-hybridized carbons (Fsp3) is 0.500. The Morgan fingerprint density at radius 3 is 1.80 bits per heavy atom. The van der Waals surface area contributed by atoms with Gasteiger partial charge in [0, 0.05) is 6.42 Å². The van der Waals surface area contributed by atoms with Gasteiger partial charge in [0.2, 0.25) is 0 Å². The van der Waals surface area contributed by atoms with Gasteiger partial charge in [0.15, 0.2) is 0 Å². The summed E-state index contributed by atoms with van der Waals surface area (Å²) in [5.74, 6) is -0.743. The molecule has 3 nitrogen and oxygen atoms in total. The Kier molecular flexibility index (Phi) is 12.3. The van der Waals surface area contributed by atoms with E-state index in [1.807, 2.05) is 12.2 Å². The number of ether oxygens (including phenoxy) is 1. The van der Waals surface area contributed by atoms with Crippen LogP contribution in [0.5, 0.6) is 0 Å². The standard InChI is InChI=1S/C22H32O3/c1-2-3-14-17-20-21(25-20)18-15-12-10-8-6-4-5-7-9-11-13-16-19-22(23)24/h3,5-8,11-15,20-21H,2,4,9-10,16-19H2,1H3,(H,23,24)/b7-5-,8-6+,13-11-,14-3-,15-12-/t20-,21+/m1/s1. The molecule has 0 aromatic rings.